The second kappa shape index (κ2) is 7.37. The van der Waals surface area contributed by atoms with Crippen LogP contribution in [0.2, 0.25) is 0 Å². The zero-order valence-electron chi connectivity index (χ0n) is 10.9. The molecule has 0 saturated carbocycles. The normalized spacial score (nSPS) is 9.67. The van der Waals surface area contributed by atoms with Crippen LogP contribution in [0.3, 0.4) is 0 Å². The summed E-state index contributed by atoms with van der Waals surface area (Å²) in [7, 11) is 1.62. The average molecular weight is 249 g/mol. The third-order valence-corrected chi connectivity index (χ3v) is 2.48. The second-order valence-electron chi connectivity index (χ2n) is 3.78. The molecule has 0 unspecified atom stereocenters. The molecule has 0 aliphatic rings. The van der Waals surface area contributed by atoms with Crippen molar-refractivity contribution in [2.75, 3.05) is 26.8 Å². The lowest BCUT2D eigenvalue weighted by Gasteiger charge is -2.19. The van der Waals surface area contributed by atoms with Gasteiger partial charge in [0, 0.05) is 13.5 Å². The Morgan fingerprint density at radius 3 is 2.44 bits per heavy atom. The number of nitrogens with zero attached hydrogens (tertiary/aromatic N) is 1. The van der Waals surface area contributed by atoms with Crippen LogP contribution in [0.4, 0.5) is 0 Å². The second-order valence-corrected chi connectivity index (χ2v) is 3.78. The van der Waals surface area contributed by atoms with Gasteiger partial charge in [0.2, 0.25) is 5.91 Å². The van der Waals surface area contributed by atoms with Gasteiger partial charge >= 0.3 is 0 Å². The van der Waals surface area contributed by atoms with E-state index in [1.54, 1.807) is 18.1 Å². The number of amides is 1. The maximum Gasteiger partial charge on any atom is 0.219 e. The highest BCUT2D eigenvalue weighted by atomic mass is 16.5. The number of hydrogen-bond acceptors (Lipinski definition) is 3. The molecule has 0 aliphatic carbocycles. The number of hydrogen-bond donors (Lipinski definition) is 0. The largest absolute Gasteiger partial charge is 0.497 e. The highest BCUT2D eigenvalue weighted by molar-refractivity contribution is 5.73. The van der Waals surface area contributed by atoms with Gasteiger partial charge in [-0.05, 0) is 24.3 Å². The Balaban J connectivity index is 2.39. The maximum absolute atomic E-state index is 11.3. The van der Waals surface area contributed by atoms with E-state index in [-0.39, 0.29) is 5.91 Å². The van der Waals surface area contributed by atoms with Crippen LogP contribution < -0.4 is 9.47 Å². The van der Waals surface area contributed by atoms with E-state index in [4.69, 9.17) is 9.47 Å². The van der Waals surface area contributed by atoms with Crippen LogP contribution >= 0.6 is 0 Å². The molecule has 4 heteroatoms. The molecule has 4 nitrogen and oxygen atoms in total. The third kappa shape index (κ3) is 4.49. The predicted octanol–water partition coefficient (Wildman–Crippen LogP) is 2.11. The lowest BCUT2D eigenvalue weighted by molar-refractivity contribution is -0.128. The summed E-state index contributed by atoms with van der Waals surface area (Å²) in [6.45, 7) is 6.71. The van der Waals surface area contributed by atoms with E-state index in [0.717, 1.165) is 11.5 Å². The van der Waals surface area contributed by atoms with Gasteiger partial charge in [0.25, 0.3) is 0 Å². The first kappa shape index (κ1) is 14.1. The van der Waals surface area contributed by atoms with Crippen LogP contribution in [-0.4, -0.2) is 37.6 Å². The van der Waals surface area contributed by atoms with E-state index in [2.05, 4.69) is 6.58 Å². The fourth-order valence-electron chi connectivity index (χ4n) is 1.48. The maximum atomic E-state index is 11.3. The number of ether oxygens (including phenoxy) is 2. The molecule has 0 radical (unpaired) electrons. The molecule has 0 atom stereocenters. The highest BCUT2D eigenvalue weighted by Gasteiger charge is 2.06. The summed E-state index contributed by atoms with van der Waals surface area (Å²) >= 11 is 0. The van der Waals surface area contributed by atoms with Gasteiger partial charge in [-0.2, -0.15) is 0 Å². The van der Waals surface area contributed by atoms with Gasteiger partial charge in [-0.3, -0.25) is 4.79 Å². The van der Waals surface area contributed by atoms with Crippen molar-refractivity contribution in [3.63, 3.8) is 0 Å². The van der Waals surface area contributed by atoms with E-state index in [1.165, 1.54) is 6.92 Å². The Labute approximate surface area is 108 Å². The number of rotatable bonds is 7. The SMILES string of the molecule is C=CCN(CCOc1ccc(OC)cc1)C(C)=O. The lowest BCUT2D eigenvalue weighted by Crippen LogP contribution is -2.32. The molecule has 98 valence electrons. The summed E-state index contributed by atoms with van der Waals surface area (Å²) in [5, 5.41) is 0. The summed E-state index contributed by atoms with van der Waals surface area (Å²) in [6, 6.07) is 7.35. The van der Waals surface area contributed by atoms with Crippen molar-refractivity contribution in [3.8, 4) is 11.5 Å². The van der Waals surface area contributed by atoms with E-state index in [0.29, 0.717) is 19.7 Å². The fraction of sp³-hybridized carbons (Fsp3) is 0.357. The van der Waals surface area contributed by atoms with Crippen LogP contribution in [0.1, 0.15) is 6.92 Å². The summed E-state index contributed by atoms with van der Waals surface area (Å²) in [5.41, 5.74) is 0. The summed E-state index contributed by atoms with van der Waals surface area (Å²) in [5.74, 6) is 1.57. The standard InChI is InChI=1S/C14H19NO3/c1-4-9-15(12(2)16)10-11-18-14-7-5-13(17-3)6-8-14/h4-8H,1,9-11H2,2-3H3. The lowest BCUT2D eigenvalue weighted by atomic mass is 10.3. The Kier molecular flexibility index (Phi) is 5.77. The van der Waals surface area contributed by atoms with Gasteiger partial charge in [-0.15, -0.1) is 6.58 Å². The molecule has 0 spiro atoms. The van der Waals surface area contributed by atoms with Crippen LogP contribution in [0.25, 0.3) is 0 Å². The molecule has 1 aromatic carbocycles. The monoisotopic (exact) mass is 249 g/mol. The molecule has 0 fully saturated rings. The van der Waals surface area contributed by atoms with Crippen molar-refractivity contribution in [1.82, 2.24) is 4.90 Å². The Bertz CT molecular complexity index is 387. The minimum absolute atomic E-state index is 0.0215. The molecule has 0 aliphatic heterocycles. The number of carbonyl (C=O) groups is 1. The molecular formula is C14H19NO3. The van der Waals surface area contributed by atoms with Crippen molar-refractivity contribution >= 4 is 5.91 Å². The number of carbonyl (C=O) groups excluding carboxylic acids is 1. The number of methoxy groups -OCH3 is 1. The molecule has 1 amide bonds. The van der Waals surface area contributed by atoms with Gasteiger partial charge in [-0.1, -0.05) is 6.08 Å². The summed E-state index contributed by atoms with van der Waals surface area (Å²) < 4.78 is 10.6. The first-order valence-corrected chi connectivity index (χ1v) is 5.80. The third-order valence-electron chi connectivity index (χ3n) is 2.48. The van der Waals surface area contributed by atoms with Gasteiger partial charge in [-0.25, -0.2) is 0 Å². The summed E-state index contributed by atoms with van der Waals surface area (Å²) in [4.78, 5) is 12.9. The van der Waals surface area contributed by atoms with Crippen molar-refractivity contribution in [2.24, 2.45) is 0 Å². The van der Waals surface area contributed by atoms with Crippen LogP contribution in [0, 0.1) is 0 Å². The zero-order valence-corrected chi connectivity index (χ0v) is 10.9. The Hall–Kier alpha value is -1.97. The molecule has 1 aromatic rings. The minimum atomic E-state index is 0.0215. The first-order chi connectivity index (χ1) is 8.67. The Morgan fingerprint density at radius 2 is 1.94 bits per heavy atom. The molecule has 1 rings (SSSR count). The quantitative estimate of drug-likeness (QED) is 0.695. The van der Waals surface area contributed by atoms with Crippen molar-refractivity contribution in [2.45, 2.75) is 6.92 Å². The highest BCUT2D eigenvalue weighted by Crippen LogP contribution is 2.16. The van der Waals surface area contributed by atoms with Gasteiger partial charge in [0.05, 0.1) is 13.7 Å². The fourth-order valence-corrected chi connectivity index (χ4v) is 1.48. The molecule has 0 heterocycles. The zero-order chi connectivity index (χ0) is 13.4. The van der Waals surface area contributed by atoms with E-state index >= 15 is 0 Å². The molecule has 0 bridgehead atoms. The van der Waals surface area contributed by atoms with Gasteiger partial charge < -0.3 is 14.4 Å². The van der Waals surface area contributed by atoms with Gasteiger partial charge in [0.1, 0.15) is 18.1 Å². The smallest absolute Gasteiger partial charge is 0.219 e. The van der Waals surface area contributed by atoms with Crippen LogP contribution in [0.5, 0.6) is 11.5 Å². The molecule has 0 aromatic heterocycles. The van der Waals surface area contributed by atoms with E-state index in [1.807, 2.05) is 24.3 Å². The molecule has 18 heavy (non-hydrogen) atoms. The minimum Gasteiger partial charge on any atom is -0.497 e. The predicted molar refractivity (Wildman–Crippen MR) is 70.9 cm³/mol. The average Bonchev–Trinajstić information content (AvgIpc) is 2.38. The van der Waals surface area contributed by atoms with Crippen LogP contribution in [-0.2, 0) is 4.79 Å². The molecule has 0 N–H and O–H groups in total. The van der Waals surface area contributed by atoms with Crippen molar-refractivity contribution < 1.29 is 14.3 Å². The Morgan fingerprint density at radius 1 is 1.33 bits per heavy atom. The molecule has 0 saturated heterocycles. The number of benzene rings is 1. The first-order valence-electron chi connectivity index (χ1n) is 5.80. The topological polar surface area (TPSA) is 38.8 Å². The van der Waals surface area contributed by atoms with E-state index < -0.39 is 0 Å². The van der Waals surface area contributed by atoms with Crippen molar-refractivity contribution in [3.05, 3.63) is 36.9 Å². The molecular weight excluding hydrogens is 230 g/mol. The van der Waals surface area contributed by atoms with E-state index in [9.17, 15) is 4.79 Å². The summed E-state index contributed by atoms with van der Waals surface area (Å²) in [6.07, 6.45) is 1.70. The van der Waals surface area contributed by atoms with Crippen molar-refractivity contribution in [1.29, 1.82) is 0 Å². The van der Waals surface area contributed by atoms with Gasteiger partial charge in [0.15, 0.2) is 0 Å². The van der Waals surface area contributed by atoms with Crippen LogP contribution in [0.15, 0.2) is 36.9 Å².